The van der Waals surface area contributed by atoms with Crippen molar-refractivity contribution in [2.75, 3.05) is 18.1 Å². The number of rotatable bonds is 5. The molecule has 23 heavy (non-hydrogen) atoms. The molecule has 0 radical (unpaired) electrons. The highest BCUT2D eigenvalue weighted by molar-refractivity contribution is 7.92. The van der Waals surface area contributed by atoms with Crippen LogP contribution >= 0.6 is 0 Å². The zero-order valence-corrected chi connectivity index (χ0v) is 14.5. The summed E-state index contributed by atoms with van der Waals surface area (Å²) in [6, 6.07) is 5.31. The quantitative estimate of drug-likeness (QED) is 0.775. The van der Waals surface area contributed by atoms with Gasteiger partial charge in [-0.3, -0.25) is 0 Å². The van der Waals surface area contributed by atoms with Crippen LogP contribution in [-0.4, -0.2) is 46.5 Å². The smallest absolute Gasteiger partial charge is 0.338 e. The van der Waals surface area contributed by atoms with Gasteiger partial charge in [0.2, 0.25) is 10.0 Å². The van der Waals surface area contributed by atoms with Gasteiger partial charge < -0.3 is 4.74 Å². The maximum Gasteiger partial charge on any atom is 0.338 e. The highest BCUT2D eigenvalue weighted by Crippen LogP contribution is 2.25. The van der Waals surface area contributed by atoms with Crippen LogP contribution in [0.25, 0.3) is 0 Å². The Morgan fingerprint density at radius 3 is 2.39 bits per heavy atom. The molecule has 0 amide bonds. The number of esters is 1. The zero-order chi connectivity index (χ0) is 17.3. The molecular weight excluding hydrogens is 342 g/mol. The van der Waals surface area contributed by atoms with Crippen LogP contribution in [0.5, 0.6) is 0 Å². The summed E-state index contributed by atoms with van der Waals surface area (Å²) in [7, 11) is -7.09. The molecule has 7 nitrogen and oxygen atoms in total. The molecule has 0 aliphatic carbocycles. The number of carbonyl (C=O) groups excluding carboxylic acids is 1. The van der Waals surface area contributed by atoms with Crippen molar-refractivity contribution in [3.8, 4) is 0 Å². The third-order valence-electron chi connectivity index (χ3n) is 3.56. The lowest BCUT2D eigenvalue weighted by molar-refractivity contribution is 0.0526. The molecule has 0 saturated carbocycles. The van der Waals surface area contributed by atoms with Gasteiger partial charge in [0.25, 0.3) is 0 Å². The van der Waals surface area contributed by atoms with Crippen molar-refractivity contribution in [3.63, 3.8) is 0 Å². The Kier molecular flexibility index (Phi) is 4.84. The lowest BCUT2D eigenvalue weighted by atomic mass is 10.0. The molecule has 0 spiro atoms. The first kappa shape index (κ1) is 17.9. The highest BCUT2D eigenvalue weighted by Gasteiger charge is 2.41. The first-order valence-corrected chi connectivity index (χ1v) is 10.4. The van der Waals surface area contributed by atoms with E-state index in [1.54, 1.807) is 13.8 Å². The van der Waals surface area contributed by atoms with Crippen LogP contribution in [0.3, 0.4) is 0 Å². The van der Waals surface area contributed by atoms with Gasteiger partial charge in [0, 0.05) is 5.54 Å². The van der Waals surface area contributed by atoms with Gasteiger partial charge in [-0.05, 0) is 44.5 Å². The Morgan fingerprint density at radius 2 is 1.91 bits per heavy atom. The van der Waals surface area contributed by atoms with Crippen LogP contribution in [0.15, 0.2) is 29.2 Å². The number of sulfone groups is 1. The van der Waals surface area contributed by atoms with E-state index in [2.05, 4.69) is 4.72 Å². The van der Waals surface area contributed by atoms with E-state index in [4.69, 9.17) is 4.74 Å². The number of sulfonamides is 1. The van der Waals surface area contributed by atoms with Crippen LogP contribution in [0, 0.1) is 0 Å². The lowest BCUT2D eigenvalue weighted by Gasteiger charge is -2.23. The molecule has 2 rings (SSSR count). The largest absolute Gasteiger partial charge is 0.462 e. The Morgan fingerprint density at radius 1 is 1.30 bits per heavy atom. The molecule has 1 saturated heterocycles. The van der Waals surface area contributed by atoms with Gasteiger partial charge in [-0.25, -0.2) is 26.4 Å². The molecule has 1 aliphatic rings. The summed E-state index contributed by atoms with van der Waals surface area (Å²) >= 11 is 0. The van der Waals surface area contributed by atoms with E-state index in [0.29, 0.717) is 0 Å². The standard InChI is InChI=1S/C14H19NO6S2/c1-3-21-13(16)11-4-6-12(7-5-11)23(19,20)15-14(2)8-9-22(17,18)10-14/h4-7,15H,3,8-10H2,1-2H3. The predicted molar refractivity (Wildman–Crippen MR) is 84.4 cm³/mol. The molecule has 1 atom stereocenters. The fourth-order valence-corrected chi connectivity index (χ4v) is 6.08. The summed E-state index contributed by atoms with van der Waals surface area (Å²) in [4.78, 5) is 11.5. The molecule has 1 heterocycles. The van der Waals surface area contributed by atoms with Gasteiger partial charge in [-0.15, -0.1) is 0 Å². The van der Waals surface area contributed by atoms with Crippen LogP contribution < -0.4 is 4.72 Å². The van der Waals surface area contributed by atoms with Gasteiger partial charge in [-0.2, -0.15) is 0 Å². The number of hydrogen-bond donors (Lipinski definition) is 1. The highest BCUT2D eigenvalue weighted by atomic mass is 32.2. The summed E-state index contributed by atoms with van der Waals surface area (Å²) in [5.41, 5.74) is -0.766. The van der Waals surface area contributed by atoms with Crippen molar-refractivity contribution in [3.05, 3.63) is 29.8 Å². The van der Waals surface area contributed by atoms with Crippen molar-refractivity contribution in [2.45, 2.75) is 30.7 Å². The van der Waals surface area contributed by atoms with Crippen molar-refractivity contribution in [1.29, 1.82) is 0 Å². The molecule has 1 aromatic carbocycles. The molecule has 1 aromatic rings. The summed E-state index contributed by atoms with van der Waals surface area (Å²) in [5, 5.41) is 0. The number of carbonyl (C=O) groups is 1. The van der Waals surface area contributed by atoms with E-state index in [1.165, 1.54) is 24.3 Å². The number of hydrogen-bond acceptors (Lipinski definition) is 6. The van der Waals surface area contributed by atoms with Crippen LogP contribution in [0.4, 0.5) is 0 Å². The number of nitrogens with one attached hydrogen (secondary N) is 1. The SMILES string of the molecule is CCOC(=O)c1ccc(S(=O)(=O)NC2(C)CCS(=O)(=O)C2)cc1. The molecule has 1 N–H and O–H groups in total. The molecule has 0 bridgehead atoms. The van der Waals surface area contributed by atoms with E-state index >= 15 is 0 Å². The molecule has 0 aromatic heterocycles. The van der Waals surface area contributed by atoms with E-state index < -0.39 is 31.4 Å². The van der Waals surface area contributed by atoms with Crippen molar-refractivity contribution >= 4 is 25.8 Å². The Bertz CT molecular complexity index is 798. The minimum absolute atomic E-state index is 0.0314. The van der Waals surface area contributed by atoms with Gasteiger partial charge >= 0.3 is 5.97 Å². The molecule has 1 aliphatic heterocycles. The average Bonchev–Trinajstić information content (AvgIpc) is 2.72. The fraction of sp³-hybridized carbons (Fsp3) is 0.500. The number of benzene rings is 1. The monoisotopic (exact) mass is 361 g/mol. The van der Waals surface area contributed by atoms with E-state index in [9.17, 15) is 21.6 Å². The first-order chi connectivity index (χ1) is 10.6. The maximum atomic E-state index is 12.4. The van der Waals surface area contributed by atoms with Gasteiger partial charge in [0.15, 0.2) is 9.84 Å². The summed E-state index contributed by atoms with van der Waals surface area (Å²) < 4.78 is 55.2. The third-order valence-corrected chi connectivity index (χ3v) is 7.12. The van der Waals surface area contributed by atoms with Crippen molar-refractivity contribution in [1.82, 2.24) is 4.72 Å². The lowest BCUT2D eigenvalue weighted by Crippen LogP contribution is -2.46. The van der Waals surface area contributed by atoms with Crippen molar-refractivity contribution < 1.29 is 26.4 Å². The molecule has 128 valence electrons. The second kappa shape index (κ2) is 6.21. The number of ether oxygens (including phenoxy) is 1. The van der Waals surface area contributed by atoms with Crippen molar-refractivity contribution in [2.24, 2.45) is 0 Å². The normalized spacial score (nSPS) is 23.6. The molecular formula is C14H19NO6S2. The Hall–Kier alpha value is -1.45. The first-order valence-electron chi connectivity index (χ1n) is 7.08. The summed E-state index contributed by atoms with van der Waals surface area (Å²) in [5.74, 6) is -0.785. The molecule has 1 fully saturated rings. The summed E-state index contributed by atoms with van der Waals surface area (Å²) in [6.07, 6.45) is 0.232. The maximum absolute atomic E-state index is 12.4. The minimum Gasteiger partial charge on any atom is -0.462 e. The topological polar surface area (TPSA) is 107 Å². The van der Waals surface area contributed by atoms with Crippen LogP contribution in [0.1, 0.15) is 30.6 Å². The second-order valence-electron chi connectivity index (χ2n) is 5.75. The van der Waals surface area contributed by atoms with E-state index in [1.807, 2.05) is 0 Å². The van der Waals surface area contributed by atoms with E-state index in [0.717, 1.165) is 0 Å². The minimum atomic E-state index is -3.87. The predicted octanol–water partition coefficient (Wildman–Crippen LogP) is 0.719. The second-order valence-corrected chi connectivity index (χ2v) is 9.62. The summed E-state index contributed by atoms with van der Waals surface area (Å²) in [6.45, 7) is 3.48. The molecule has 1 unspecified atom stereocenters. The Balaban J connectivity index is 2.19. The average molecular weight is 361 g/mol. The third kappa shape index (κ3) is 4.30. The fourth-order valence-electron chi connectivity index (χ4n) is 2.46. The van der Waals surface area contributed by atoms with Gasteiger partial charge in [0.05, 0.1) is 28.6 Å². The van der Waals surface area contributed by atoms with Gasteiger partial charge in [0.1, 0.15) is 0 Å². The van der Waals surface area contributed by atoms with Gasteiger partial charge in [-0.1, -0.05) is 0 Å². The van der Waals surface area contributed by atoms with E-state index in [-0.39, 0.29) is 35.0 Å². The van der Waals surface area contributed by atoms with Crippen LogP contribution in [-0.2, 0) is 24.6 Å². The zero-order valence-electron chi connectivity index (χ0n) is 12.9. The van der Waals surface area contributed by atoms with Crippen LogP contribution in [0.2, 0.25) is 0 Å². The Labute approximate surface area is 136 Å². The molecule has 9 heteroatoms.